The minimum absolute atomic E-state index is 0.144. The Morgan fingerprint density at radius 2 is 2.38 bits per heavy atom. The van der Waals surface area contributed by atoms with Gasteiger partial charge in [0.15, 0.2) is 0 Å². The number of carbonyl (C=O) groups is 1. The fourth-order valence-corrected chi connectivity index (χ4v) is 3.02. The van der Waals surface area contributed by atoms with Crippen molar-refractivity contribution in [1.29, 1.82) is 0 Å². The van der Waals surface area contributed by atoms with Gasteiger partial charge in [-0.2, -0.15) is 4.98 Å². The van der Waals surface area contributed by atoms with E-state index in [1.807, 2.05) is 29.5 Å². The summed E-state index contributed by atoms with van der Waals surface area (Å²) in [6, 6.07) is 4.24. The fraction of sp³-hybridized carbons (Fsp3) is 0.533. The van der Waals surface area contributed by atoms with Crippen molar-refractivity contribution in [3.63, 3.8) is 0 Å². The van der Waals surface area contributed by atoms with Crippen LogP contribution < -0.4 is 0 Å². The number of carbonyl (C=O) groups excluding carboxylic acids is 1. The van der Waals surface area contributed by atoms with E-state index in [2.05, 4.69) is 17.1 Å². The van der Waals surface area contributed by atoms with E-state index in [1.54, 1.807) is 11.3 Å². The largest absolute Gasteiger partial charge is 0.343 e. The first kappa shape index (κ1) is 14.3. The zero-order valence-electron chi connectivity index (χ0n) is 12.3. The van der Waals surface area contributed by atoms with Gasteiger partial charge in [0.2, 0.25) is 17.6 Å². The van der Waals surface area contributed by atoms with Gasteiger partial charge < -0.3 is 9.42 Å². The van der Waals surface area contributed by atoms with Gasteiger partial charge in [-0.05, 0) is 37.1 Å². The summed E-state index contributed by atoms with van der Waals surface area (Å²) < 4.78 is 5.21. The maximum atomic E-state index is 12.2. The van der Waals surface area contributed by atoms with E-state index < -0.39 is 0 Å². The van der Waals surface area contributed by atoms with Crippen molar-refractivity contribution in [2.45, 2.75) is 38.6 Å². The first-order valence-electron chi connectivity index (χ1n) is 7.27. The summed E-state index contributed by atoms with van der Waals surface area (Å²) in [4.78, 5) is 19.3. The molecule has 0 unspecified atom stereocenters. The lowest BCUT2D eigenvalue weighted by atomic mass is 10.1. The third kappa shape index (κ3) is 3.32. The Kier molecular flexibility index (Phi) is 4.05. The van der Waals surface area contributed by atoms with Crippen molar-refractivity contribution in [3.8, 4) is 10.7 Å². The van der Waals surface area contributed by atoms with E-state index >= 15 is 0 Å². The Morgan fingerprint density at radius 3 is 3.05 bits per heavy atom. The summed E-state index contributed by atoms with van der Waals surface area (Å²) in [5.41, 5.74) is 0. The van der Waals surface area contributed by atoms with Crippen molar-refractivity contribution >= 4 is 17.2 Å². The molecule has 1 aliphatic carbocycles. The Bertz CT molecular complexity index is 604. The molecule has 21 heavy (non-hydrogen) atoms. The lowest BCUT2D eigenvalue weighted by molar-refractivity contribution is -0.132. The predicted molar refractivity (Wildman–Crippen MR) is 80.9 cm³/mol. The molecule has 2 aromatic heterocycles. The first-order chi connectivity index (χ1) is 10.1. The van der Waals surface area contributed by atoms with Crippen LogP contribution in [-0.4, -0.2) is 34.0 Å². The van der Waals surface area contributed by atoms with Gasteiger partial charge in [0, 0.05) is 25.9 Å². The normalized spacial score (nSPS) is 15.9. The molecule has 6 heteroatoms. The van der Waals surface area contributed by atoms with Crippen LogP contribution in [0.3, 0.4) is 0 Å². The topological polar surface area (TPSA) is 59.2 Å². The van der Waals surface area contributed by atoms with Gasteiger partial charge in [0.1, 0.15) is 0 Å². The van der Waals surface area contributed by atoms with Gasteiger partial charge >= 0.3 is 0 Å². The maximum Gasteiger partial charge on any atom is 0.227 e. The number of aromatic nitrogens is 2. The molecule has 0 bridgehead atoms. The standard InChI is InChI=1S/C15H19N3O2S/c1-10(11-5-6-11)18(2)14(19)8-7-13-16-15(17-20-13)12-4-3-9-21-12/h3-4,9-11H,5-8H2,1-2H3/t10-/m0/s1. The molecule has 1 amide bonds. The Labute approximate surface area is 128 Å². The van der Waals surface area contributed by atoms with Crippen LogP contribution >= 0.6 is 11.3 Å². The van der Waals surface area contributed by atoms with Crippen molar-refractivity contribution < 1.29 is 9.32 Å². The molecule has 1 fully saturated rings. The average molecular weight is 305 g/mol. The fourth-order valence-electron chi connectivity index (χ4n) is 2.37. The molecule has 0 radical (unpaired) electrons. The smallest absolute Gasteiger partial charge is 0.227 e. The van der Waals surface area contributed by atoms with Gasteiger partial charge in [-0.25, -0.2) is 0 Å². The van der Waals surface area contributed by atoms with Crippen LogP contribution in [0.2, 0.25) is 0 Å². The van der Waals surface area contributed by atoms with Crippen LogP contribution in [-0.2, 0) is 11.2 Å². The Morgan fingerprint density at radius 1 is 1.57 bits per heavy atom. The molecule has 0 N–H and O–H groups in total. The first-order valence-corrected chi connectivity index (χ1v) is 8.15. The molecule has 0 saturated heterocycles. The quantitative estimate of drug-likeness (QED) is 0.823. The Balaban J connectivity index is 1.54. The van der Waals surface area contributed by atoms with Crippen LogP contribution in [0.15, 0.2) is 22.0 Å². The lowest BCUT2D eigenvalue weighted by Gasteiger charge is -2.24. The third-order valence-corrected chi connectivity index (χ3v) is 4.94. The summed E-state index contributed by atoms with van der Waals surface area (Å²) in [5, 5.41) is 5.93. The number of hydrogen-bond donors (Lipinski definition) is 0. The molecule has 112 valence electrons. The van der Waals surface area contributed by atoms with E-state index in [0.717, 1.165) is 4.88 Å². The number of thiophene rings is 1. The van der Waals surface area contributed by atoms with Crippen LogP contribution in [0.1, 0.15) is 32.1 Å². The van der Waals surface area contributed by atoms with Gasteiger partial charge in [-0.3, -0.25) is 4.79 Å². The zero-order chi connectivity index (χ0) is 14.8. The second kappa shape index (κ2) is 5.97. The van der Waals surface area contributed by atoms with Gasteiger partial charge in [0.05, 0.1) is 4.88 Å². The summed E-state index contributed by atoms with van der Waals surface area (Å²) in [5.74, 6) is 1.96. The van der Waals surface area contributed by atoms with Gasteiger partial charge in [0.25, 0.3) is 0 Å². The Hall–Kier alpha value is -1.69. The molecule has 2 aromatic rings. The molecule has 5 nitrogen and oxygen atoms in total. The molecule has 0 spiro atoms. The minimum atomic E-state index is 0.144. The summed E-state index contributed by atoms with van der Waals surface area (Å²) in [7, 11) is 1.89. The van der Waals surface area contributed by atoms with Crippen LogP contribution in [0, 0.1) is 5.92 Å². The van der Waals surface area contributed by atoms with E-state index in [1.165, 1.54) is 12.8 Å². The van der Waals surface area contributed by atoms with Crippen LogP contribution in [0.25, 0.3) is 10.7 Å². The van der Waals surface area contributed by atoms with Gasteiger partial charge in [-0.1, -0.05) is 11.2 Å². The van der Waals surface area contributed by atoms with Crippen LogP contribution in [0.5, 0.6) is 0 Å². The minimum Gasteiger partial charge on any atom is -0.343 e. The number of amides is 1. The number of rotatable bonds is 6. The van der Waals surface area contributed by atoms with Crippen molar-refractivity contribution in [3.05, 3.63) is 23.4 Å². The van der Waals surface area contributed by atoms with E-state index in [9.17, 15) is 4.79 Å². The monoisotopic (exact) mass is 305 g/mol. The van der Waals surface area contributed by atoms with Crippen LogP contribution in [0.4, 0.5) is 0 Å². The van der Waals surface area contributed by atoms with Crippen molar-refractivity contribution in [2.24, 2.45) is 5.92 Å². The maximum absolute atomic E-state index is 12.2. The summed E-state index contributed by atoms with van der Waals surface area (Å²) >= 11 is 1.57. The number of nitrogens with zero attached hydrogens (tertiary/aromatic N) is 3. The number of aryl methyl sites for hydroxylation is 1. The molecular formula is C15H19N3O2S. The molecule has 0 aliphatic heterocycles. The number of hydrogen-bond acceptors (Lipinski definition) is 5. The van der Waals surface area contributed by atoms with E-state index in [0.29, 0.717) is 36.5 Å². The van der Waals surface area contributed by atoms with Crippen molar-refractivity contribution in [2.75, 3.05) is 7.05 Å². The molecule has 1 atom stereocenters. The molecule has 1 aliphatic rings. The highest BCUT2D eigenvalue weighted by molar-refractivity contribution is 7.13. The lowest BCUT2D eigenvalue weighted by Crippen LogP contribution is -2.36. The highest BCUT2D eigenvalue weighted by Crippen LogP contribution is 2.34. The summed E-state index contributed by atoms with van der Waals surface area (Å²) in [6.07, 6.45) is 3.40. The molecule has 1 saturated carbocycles. The highest BCUT2D eigenvalue weighted by Gasteiger charge is 2.32. The highest BCUT2D eigenvalue weighted by atomic mass is 32.1. The molecular weight excluding hydrogens is 286 g/mol. The van der Waals surface area contributed by atoms with Gasteiger partial charge in [-0.15, -0.1) is 11.3 Å². The second-order valence-corrected chi connectivity index (χ2v) is 6.52. The molecule has 3 rings (SSSR count). The average Bonchev–Trinajstić information content (AvgIpc) is 3.01. The zero-order valence-corrected chi connectivity index (χ0v) is 13.1. The molecule has 2 heterocycles. The van der Waals surface area contributed by atoms with E-state index in [4.69, 9.17) is 4.52 Å². The predicted octanol–water partition coefficient (Wildman–Crippen LogP) is 2.99. The summed E-state index contributed by atoms with van der Waals surface area (Å²) in [6.45, 7) is 2.12. The second-order valence-electron chi connectivity index (χ2n) is 5.57. The SMILES string of the molecule is C[C@@H](C1CC1)N(C)C(=O)CCc1nc(-c2cccs2)no1. The van der Waals surface area contributed by atoms with Crippen molar-refractivity contribution in [1.82, 2.24) is 15.0 Å². The third-order valence-electron chi connectivity index (χ3n) is 4.07. The molecule has 0 aromatic carbocycles. The van der Waals surface area contributed by atoms with E-state index in [-0.39, 0.29) is 5.91 Å².